The molecule has 0 bridgehead atoms. The Hall–Kier alpha value is -1.27. The number of carbonyl (C=O) groups excluding carboxylic acids is 1. The molecule has 1 aromatic heterocycles. The van der Waals surface area contributed by atoms with Crippen molar-refractivity contribution in [2.24, 2.45) is 0 Å². The van der Waals surface area contributed by atoms with Gasteiger partial charge in [0.05, 0.1) is 0 Å². The van der Waals surface area contributed by atoms with Crippen LogP contribution in [0.25, 0.3) is 0 Å². The fourth-order valence-corrected chi connectivity index (χ4v) is 2.08. The molecule has 2 aromatic rings. The number of nitrogens with zero attached hydrogens (tertiary/aromatic N) is 2. The third-order valence-electron chi connectivity index (χ3n) is 2.60. The third-order valence-corrected chi connectivity index (χ3v) is 3.59. The molecule has 0 saturated heterocycles. The largest absolute Gasteiger partial charge is 0.361 e. The molecule has 0 radical (unpaired) electrons. The molecule has 5 nitrogen and oxygen atoms in total. The Bertz CT molecular complexity index is 641. The van der Waals surface area contributed by atoms with Crippen molar-refractivity contribution in [2.75, 3.05) is 11.9 Å². The summed E-state index contributed by atoms with van der Waals surface area (Å²) in [6.45, 7) is 2.41. The third kappa shape index (κ3) is 3.89. The van der Waals surface area contributed by atoms with E-state index in [9.17, 15) is 4.79 Å². The maximum atomic E-state index is 12.2. The zero-order valence-corrected chi connectivity index (χ0v) is 13.3. The number of nitrogens with one attached hydrogen (secondary N) is 1. The summed E-state index contributed by atoms with van der Waals surface area (Å²) in [5, 5.41) is 3.48. The number of anilines is 1. The van der Waals surface area contributed by atoms with E-state index in [4.69, 9.17) is 39.5 Å². The molecular weight excluding hydrogens is 337 g/mol. The molecule has 0 spiro atoms. The summed E-state index contributed by atoms with van der Waals surface area (Å²) in [4.78, 5) is 16.2. The number of amides is 1. The van der Waals surface area contributed by atoms with Gasteiger partial charge in [-0.25, -0.2) is 4.98 Å². The summed E-state index contributed by atoms with van der Waals surface area (Å²) in [6, 6.07) is 6.70. The first-order valence-corrected chi connectivity index (χ1v) is 7.22. The molecule has 0 unspecified atom stereocenters. The smallest absolute Gasteiger partial charge is 0.291 e. The van der Waals surface area contributed by atoms with Crippen LogP contribution in [0.3, 0.4) is 0 Å². The van der Waals surface area contributed by atoms with Crippen LogP contribution in [0.15, 0.2) is 24.3 Å². The molecular formula is C13H12Cl3N3O2. The number of hydrogen-bond acceptors (Lipinski definition) is 3. The van der Waals surface area contributed by atoms with Crippen LogP contribution >= 0.6 is 34.8 Å². The van der Waals surface area contributed by atoms with Gasteiger partial charge in [-0.1, -0.05) is 34.8 Å². The van der Waals surface area contributed by atoms with Gasteiger partial charge in [-0.2, -0.15) is 0 Å². The van der Waals surface area contributed by atoms with Crippen molar-refractivity contribution in [3.05, 3.63) is 45.4 Å². The van der Waals surface area contributed by atoms with E-state index in [1.165, 1.54) is 4.57 Å². The van der Waals surface area contributed by atoms with Crippen molar-refractivity contribution in [1.82, 2.24) is 9.55 Å². The van der Waals surface area contributed by atoms with Gasteiger partial charge < -0.3 is 10.1 Å². The van der Waals surface area contributed by atoms with Gasteiger partial charge in [-0.3, -0.25) is 9.36 Å². The molecule has 0 fully saturated rings. The number of imidazole rings is 1. The van der Waals surface area contributed by atoms with Gasteiger partial charge in [0.1, 0.15) is 11.9 Å². The second-order valence-corrected chi connectivity index (χ2v) is 5.18. The molecule has 21 heavy (non-hydrogen) atoms. The molecule has 1 N–H and O–H groups in total. The maximum Gasteiger partial charge on any atom is 0.291 e. The fourth-order valence-electron chi connectivity index (χ4n) is 1.60. The monoisotopic (exact) mass is 347 g/mol. The lowest BCUT2D eigenvalue weighted by Crippen LogP contribution is -2.19. The van der Waals surface area contributed by atoms with Crippen molar-refractivity contribution in [2.45, 2.75) is 13.7 Å². The summed E-state index contributed by atoms with van der Waals surface area (Å²) in [6.07, 6.45) is 0. The fraction of sp³-hybridized carbons (Fsp3) is 0.231. The number of aromatic nitrogens is 2. The van der Waals surface area contributed by atoms with Crippen LogP contribution < -0.4 is 5.32 Å². The standard InChI is InChI=1S/C13H12Cl3N3O2/c1-2-21-7-19-11(16)10(15)18-12(19)13(20)17-9-5-3-8(14)4-6-9/h3-6H,2,7H2,1H3,(H,17,20). The van der Waals surface area contributed by atoms with Crippen LogP contribution in [-0.2, 0) is 11.5 Å². The zero-order chi connectivity index (χ0) is 15.4. The van der Waals surface area contributed by atoms with Crippen LogP contribution in [0.1, 0.15) is 17.5 Å². The molecule has 1 aromatic carbocycles. The number of hydrogen-bond donors (Lipinski definition) is 1. The average Bonchev–Trinajstić information content (AvgIpc) is 2.75. The topological polar surface area (TPSA) is 56.1 Å². The summed E-state index contributed by atoms with van der Waals surface area (Å²) < 4.78 is 6.65. The molecule has 0 saturated carbocycles. The predicted octanol–water partition coefficient (Wildman–Crippen LogP) is 4.09. The van der Waals surface area contributed by atoms with Crippen LogP contribution in [0.5, 0.6) is 0 Å². The SMILES string of the molecule is CCOCn1c(C(=O)Nc2ccc(Cl)cc2)nc(Cl)c1Cl. The van der Waals surface area contributed by atoms with Gasteiger partial charge >= 0.3 is 0 Å². The Balaban J connectivity index is 2.22. The first-order valence-electron chi connectivity index (χ1n) is 6.09. The average molecular weight is 349 g/mol. The number of halogens is 3. The van der Waals surface area contributed by atoms with Crippen LogP contribution in [-0.4, -0.2) is 22.1 Å². The van der Waals surface area contributed by atoms with Gasteiger partial charge in [-0.15, -0.1) is 0 Å². The highest BCUT2D eigenvalue weighted by atomic mass is 35.5. The minimum absolute atomic E-state index is 0.0534. The second-order valence-electron chi connectivity index (χ2n) is 4.03. The number of rotatable bonds is 5. The highest BCUT2D eigenvalue weighted by Gasteiger charge is 2.20. The van der Waals surface area contributed by atoms with Crippen LogP contribution in [0.4, 0.5) is 5.69 Å². The Morgan fingerprint density at radius 3 is 2.57 bits per heavy atom. The lowest BCUT2D eigenvalue weighted by molar-refractivity contribution is 0.0815. The molecule has 0 aliphatic heterocycles. The molecule has 1 amide bonds. The van der Waals surface area contributed by atoms with Gasteiger partial charge in [0, 0.05) is 17.3 Å². The molecule has 8 heteroatoms. The van der Waals surface area contributed by atoms with Crippen LogP contribution in [0, 0.1) is 0 Å². The maximum absolute atomic E-state index is 12.2. The lowest BCUT2D eigenvalue weighted by atomic mass is 10.3. The first kappa shape index (κ1) is 16.1. The van der Waals surface area contributed by atoms with E-state index >= 15 is 0 Å². The summed E-state index contributed by atoms with van der Waals surface area (Å²) in [5.74, 6) is -0.362. The normalized spacial score (nSPS) is 10.7. The minimum Gasteiger partial charge on any atom is -0.361 e. The van der Waals surface area contributed by atoms with Crippen LogP contribution in [0.2, 0.25) is 15.3 Å². The molecule has 1 heterocycles. The summed E-state index contributed by atoms with van der Waals surface area (Å²) >= 11 is 17.7. The number of ether oxygens (including phenoxy) is 1. The summed E-state index contributed by atoms with van der Waals surface area (Å²) in [7, 11) is 0. The highest BCUT2D eigenvalue weighted by Crippen LogP contribution is 2.23. The molecule has 0 atom stereocenters. The van der Waals surface area contributed by atoms with Gasteiger partial charge in [0.2, 0.25) is 5.82 Å². The van der Waals surface area contributed by atoms with E-state index in [0.717, 1.165) is 0 Å². The molecule has 0 aliphatic carbocycles. The first-order chi connectivity index (χ1) is 10.0. The van der Waals surface area contributed by atoms with Crippen molar-refractivity contribution < 1.29 is 9.53 Å². The number of carbonyl (C=O) groups is 1. The molecule has 0 aliphatic rings. The van der Waals surface area contributed by atoms with E-state index in [1.54, 1.807) is 24.3 Å². The van der Waals surface area contributed by atoms with Crippen molar-refractivity contribution in [3.8, 4) is 0 Å². The van der Waals surface area contributed by atoms with Crippen molar-refractivity contribution >= 4 is 46.4 Å². The Morgan fingerprint density at radius 1 is 1.29 bits per heavy atom. The van der Waals surface area contributed by atoms with E-state index in [2.05, 4.69) is 10.3 Å². The van der Waals surface area contributed by atoms with Crippen molar-refractivity contribution in [1.29, 1.82) is 0 Å². The zero-order valence-electron chi connectivity index (χ0n) is 11.1. The Labute approximate surface area is 136 Å². The van der Waals surface area contributed by atoms with Gasteiger partial charge in [0.25, 0.3) is 5.91 Å². The predicted molar refractivity (Wildman–Crippen MR) is 83.3 cm³/mol. The van der Waals surface area contributed by atoms with E-state index in [-0.39, 0.29) is 22.9 Å². The lowest BCUT2D eigenvalue weighted by Gasteiger charge is -2.09. The second kappa shape index (κ2) is 7.13. The van der Waals surface area contributed by atoms with Crippen molar-refractivity contribution in [3.63, 3.8) is 0 Å². The van der Waals surface area contributed by atoms with Gasteiger partial charge in [-0.05, 0) is 31.2 Å². The van der Waals surface area contributed by atoms with E-state index in [0.29, 0.717) is 17.3 Å². The molecule has 112 valence electrons. The minimum atomic E-state index is -0.439. The Kier molecular flexibility index (Phi) is 5.47. The molecule has 2 rings (SSSR count). The highest BCUT2D eigenvalue weighted by molar-refractivity contribution is 6.41. The summed E-state index contributed by atoms with van der Waals surface area (Å²) in [5.41, 5.74) is 0.586. The van der Waals surface area contributed by atoms with E-state index < -0.39 is 5.91 Å². The number of benzene rings is 1. The quantitative estimate of drug-likeness (QED) is 0.885. The Morgan fingerprint density at radius 2 is 1.95 bits per heavy atom. The van der Waals surface area contributed by atoms with E-state index in [1.807, 2.05) is 6.92 Å². The van der Waals surface area contributed by atoms with Gasteiger partial charge in [0.15, 0.2) is 5.15 Å².